The third-order valence-corrected chi connectivity index (χ3v) is 4.86. The molecule has 0 aliphatic heterocycles. The van der Waals surface area contributed by atoms with Gasteiger partial charge >= 0.3 is 0 Å². The third kappa shape index (κ3) is 3.32. The first-order valence-corrected chi connectivity index (χ1v) is 9.08. The molecule has 0 unspecified atom stereocenters. The van der Waals surface area contributed by atoms with E-state index in [0.717, 1.165) is 32.9 Å². The second-order valence-corrected chi connectivity index (χ2v) is 6.91. The highest BCUT2D eigenvalue weighted by atomic mass is 32.1. The van der Waals surface area contributed by atoms with E-state index < -0.39 is 0 Å². The van der Waals surface area contributed by atoms with Crippen molar-refractivity contribution >= 4 is 28.1 Å². The maximum Gasteiger partial charge on any atom is 0.252 e. The lowest BCUT2D eigenvalue weighted by molar-refractivity contribution is 0.0952. The van der Waals surface area contributed by atoms with Crippen molar-refractivity contribution < 1.29 is 4.79 Å². The number of thiazole rings is 1. The van der Waals surface area contributed by atoms with E-state index >= 15 is 0 Å². The Hall–Kier alpha value is -3.12. The Bertz CT molecular complexity index is 1080. The van der Waals surface area contributed by atoms with Gasteiger partial charge in [-0.25, -0.2) is 9.97 Å². The van der Waals surface area contributed by atoms with Gasteiger partial charge in [0.1, 0.15) is 0 Å². The summed E-state index contributed by atoms with van der Waals surface area (Å²) >= 11 is 1.58. The van der Waals surface area contributed by atoms with E-state index in [4.69, 9.17) is 4.98 Å². The second kappa shape index (κ2) is 7.01. The first kappa shape index (κ1) is 16.4. The number of carbonyl (C=O) groups excluding carboxylic acids is 1. The van der Waals surface area contributed by atoms with Gasteiger partial charge in [-0.05, 0) is 31.2 Å². The van der Waals surface area contributed by atoms with Crippen LogP contribution in [0.3, 0.4) is 0 Å². The first-order valence-electron chi connectivity index (χ1n) is 8.20. The first-order chi connectivity index (χ1) is 12.7. The Morgan fingerprint density at radius 1 is 1.12 bits per heavy atom. The molecular formula is C20H16N4OS. The summed E-state index contributed by atoms with van der Waals surface area (Å²) in [5, 5.41) is 6.75. The number of benzene rings is 1. The predicted molar refractivity (Wildman–Crippen MR) is 103 cm³/mol. The van der Waals surface area contributed by atoms with Crippen molar-refractivity contribution in [3.8, 4) is 11.3 Å². The van der Waals surface area contributed by atoms with E-state index in [0.29, 0.717) is 12.1 Å². The number of carbonyl (C=O) groups is 1. The van der Waals surface area contributed by atoms with Crippen LogP contribution in [0.25, 0.3) is 22.2 Å². The Kier molecular flexibility index (Phi) is 4.41. The monoisotopic (exact) mass is 360 g/mol. The number of hydrogen-bond acceptors (Lipinski definition) is 5. The molecule has 0 radical (unpaired) electrons. The van der Waals surface area contributed by atoms with Gasteiger partial charge in [0.15, 0.2) is 0 Å². The van der Waals surface area contributed by atoms with Crippen LogP contribution in [-0.4, -0.2) is 20.9 Å². The van der Waals surface area contributed by atoms with E-state index in [1.807, 2.05) is 54.8 Å². The fourth-order valence-corrected chi connectivity index (χ4v) is 3.40. The van der Waals surface area contributed by atoms with Gasteiger partial charge in [-0.15, -0.1) is 11.3 Å². The maximum atomic E-state index is 12.8. The minimum absolute atomic E-state index is 0.135. The summed E-state index contributed by atoms with van der Waals surface area (Å²) in [6.45, 7) is 2.36. The van der Waals surface area contributed by atoms with Crippen LogP contribution in [0.4, 0.5) is 0 Å². The van der Waals surface area contributed by atoms with Crippen molar-refractivity contribution in [1.82, 2.24) is 20.3 Å². The molecule has 1 aromatic carbocycles. The highest BCUT2D eigenvalue weighted by molar-refractivity contribution is 7.09. The summed E-state index contributed by atoms with van der Waals surface area (Å²) in [7, 11) is 0. The molecule has 0 aliphatic rings. The number of fused-ring (bicyclic) bond motifs is 1. The van der Waals surface area contributed by atoms with Crippen LogP contribution < -0.4 is 5.32 Å². The molecule has 0 spiro atoms. The molecule has 0 aliphatic carbocycles. The number of amides is 1. The lowest BCUT2D eigenvalue weighted by atomic mass is 10.0. The number of nitrogens with one attached hydrogen (secondary N) is 1. The van der Waals surface area contributed by atoms with Gasteiger partial charge in [0.05, 0.1) is 34.0 Å². The maximum absolute atomic E-state index is 12.8. The molecular weight excluding hydrogens is 344 g/mol. The number of rotatable bonds is 4. The smallest absolute Gasteiger partial charge is 0.252 e. The summed E-state index contributed by atoms with van der Waals surface area (Å²) in [5.74, 6) is -0.135. The molecule has 4 rings (SSSR count). The van der Waals surface area contributed by atoms with E-state index in [1.165, 1.54) is 0 Å². The quantitative estimate of drug-likeness (QED) is 0.597. The second-order valence-electron chi connectivity index (χ2n) is 5.85. The molecule has 0 bridgehead atoms. The number of pyridine rings is 2. The van der Waals surface area contributed by atoms with Gasteiger partial charge in [-0.2, -0.15) is 0 Å². The normalized spacial score (nSPS) is 10.8. The van der Waals surface area contributed by atoms with Crippen molar-refractivity contribution in [3.63, 3.8) is 0 Å². The van der Waals surface area contributed by atoms with Crippen molar-refractivity contribution in [2.75, 3.05) is 0 Å². The molecule has 0 atom stereocenters. The Balaban J connectivity index is 1.71. The highest BCUT2D eigenvalue weighted by Crippen LogP contribution is 2.24. The predicted octanol–water partition coefficient (Wildman–Crippen LogP) is 3.99. The van der Waals surface area contributed by atoms with Crippen LogP contribution in [0.1, 0.15) is 21.1 Å². The van der Waals surface area contributed by atoms with E-state index in [-0.39, 0.29) is 5.91 Å². The number of para-hydroxylation sites is 1. The number of aryl methyl sites for hydroxylation is 1. The molecule has 4 aromatic rings. The van der Waals surface area contributed by atoms with Gasteiger partial charge in [0, 0.05) is 28.7 Å². The van der Waals surface area contributed by atoms with Crippen molar-refractivity contribution in [2.45, 2.75) is 13.5 Å². The SMILES string of the molecule is Cc1nc(CNC(=O)c2cc(-c3ccncc3)nc3ccccc23)cs1. The highest BCUT2D eigenvalue weighted by Gasteiger charge is 2.14. The molecule has 6 heteroatoms. The zero-order chi connectivity index (χ0) is 17.9. The van der Waals surface area contributed by atoms with Crippen LogP contribution in [0.2, 0.25) is 0 Å². The standard InChI is InChI=1S/C20H16N4OS/c1-13-23-15(12-26-13)11-22-20(25)17-10-19(14-6-8-21-9-7-14)24-18-5-3-2-4-16(17)18/h2-10,12H,11H2,1H3,(H,22,25). The average molecular weight is 360 g/mol. The van der Waals surface area contributed by atoms with Crippen molar-refractivity contribution in [1.29, 1.82) is 0 Å². The largest absolute Gasteiger partial charge is 0.346 e. The number of nitrogens with zero attached hydrogens (tertiary/aromatic N) is 3. The Labute approximate surface area is 154 Å². The molecule has 0 fully saturated rings. The van der Waals surface area contributed by atoms with Gasteiger partial charge in [-0.1, -0.05) is 18.2 Å². The summed E-state index contributed by atoms with van der Waals surface area (Å²) in [5.41, 5.74) is 3.94. The summed E-state index contributed by atoms with van der Waals surface area (Å²) in [6.07, 6.45) is 3.44. The van der Waals surface area contributed by atoms with Crippen LogP contribution in [0.5, 0.6) is 0 Å². The van der Waals surface area contributed by atoms with Crippen molar-refractivity contribution in [3.05, 3.63) is 76.5 Å². The van der Waals surface area contributed by atoms with Crippen LogP contribution in [-0.2, 0) is 6.54 Å². The lowest BCUT2D eigenvalue weighted by Crippen LogP contribution is -2.23. The van der Waals surface area contributed by atoms with Gasteiger partial charge in [0.2, 0.25) is 0 Å². The molecule has 26 heavy (non-hydrogen) atoms. The lowest BCUT2D eigenvalue weighted by Gasteiger charge is -2.10. The summed E-state index contributed by atoms with van der Waals surface area (Å²) < 4.78 is 0. The average Bonchev–Trinajstić information content (AvgIpc) is 3.11. The number of aromatic nitrogens is 3. The molecule has 1 N–H and O–H groups in total. The van der Waals surface area contributed by atoms with Crippen LogP contribution in [0.15, 0.2) is 60.2 Å². The molecule has 128 valence electrons. The van der Waals surface area contributed by atoms with E-state index in [2.05, 4.69) is 15.3 Å². The van der Waals surface area contributed by atoms with Crippen LogP contribution in [0, 0.1) is 6.92 Å². The fourth-order valence-electron chi connectivity index (χ4n) is 2.79. The molecule has 0 saturated heterocycles. The molecule has 1 amide bonds. The van der Waals surface area contributed by atoms with E-state index in [9.17, 15) is 4.79 Å². The van der Waals surface area contributed by atoms with Crippen LogP contribution >= 0.6 is 11.3 Å². The topological polar surface area (TPSA) is 67.8 Å². The van der Waals surface area contributed by atoms with Gasteiger partial charge < -0.3 is 5.32 Å². The van der Waals surface area contributed by atoms with Gasteiger partial charge in [-0.3, -0.25) is 9.78 Å². The Morgan fingerprint density at radius 2 is 1.92 bits per heavy atom. The zero-order valence-corrected chi connectivity index (χ0v) is 15.0. The fraction of sp³-hybridized carbons (Fsp3) is 0.100. The zero-order valence-electron chi connectivity index (χ0n) is 14.1. The molecule has 5 nitrogen and oxygen atoms in total. The molecule has 0 saturated carbocycles. The minimum Gasteiger partial charge on any atom is -0.346 e. The molecule has 3 aromatic heterocycles. The van der Waals surface area contributed by atoms with E-state index in [1.54, 1.807) is 23.7 Å². The molecule has 3 heterocycles. The summed E-state index contributed by atoms with van der Waals surface area (Å²) in [4.78, 5) is 26.0. The van der Waals surface area contributed by atoms with Gasteiger partial charge in [0.25, 0.3) is 5.91 Å². The third-order valence-electron chi connectivity index (χ3n) is 4.03. The van der Waals surface area contributed by atoms with Crippen molar-refractivity contribution in [2.24, 2.45) is 0 Å². The Morgan fingerprint density at radius 3 is 2.69 bits per heavy atom. The summed E-state index contributed by atoms with van der Waals surface area (Å²) in [6, 6.07) is 13.3. The number of hydrogen-bond donors (Lipinski definition) is 1. The minimum atomic E-state index is -0.135.